The van der Waals surface area contributed by atoms with Crippen LogP contribution in [-0.4, -0.2) is 48.7 Å². The summed E-state index contributed by atoms with van der Waals surface area (Å²) in [5.74, 6) is 0.226. The van der Waals surface area contributed by atoms with E-state index in [2.05, 4.69) is 36.9 Å². The van der Waals surface area contributed by atoms with Crippen LogP contribution in [0.25, 0.3) is 0 Å². The number of carbonyl (C=O) groups excluding carboxylic acids is 1. The molecule has 21 heavy (non-hydrogen) atoms. The molecule has 1 aromatic carbocycles. The van der Waals surface area contributed by atoms with Crippen molar-refractivity contribution < 1.29 is 9.90 Å². The number of aliphatic hydroxyl groups excluding tert-OH is 1. The number of rotatable bonds is 5. The molecule has 0 bridgehead atoms. The molecule has 0 unspecified atom stereocenters. The van der Waals surface area contributed by atoms with Gasteiger partial charge in [0.25, 0.3) is 0 Å². The number of benzene rings is 1. The lowest BCUT2D eigenvalue weighted by Crippen LogP contribution is -2.49. The molecule has 1 aromatic rings. The number of piperazine rings is 1. The highest BCUT2D eigenvalue weighted by Gasteiger charge is 2.21. The van der Waals surface area contributed by atoms with Gasteiger partial charge in [0.2, 0.25) is 5.91 Å². The number of hydrogen-bond acceptors (Lipinski definition) is 3. The zero-order valence-corrected chi connectivity index (χ0v) is 13.1. The van der Waals surface area contributed by atoms with Gasteiger partial charge in [-0.25, -0.2) is 0 Å². The van der Waals surface area contributed by atoms with Crippen molar-refractivity contribution in [2.75, 3.05) is 37.7 Å². The van der Waals surface area contributed by atoms with Gasteiger partial charge in [0.1, 0.15) is 0 Å². The summed E-state index contributed by atoms with van der Waals surface area (Å²) in [6.45, 7) is 7.87. The zero-order chi connectivity index (χ0) is 15.2. The Hall–Kier alpha value is -1.55. The minimum atomic E-state index is 0.174. The molecule has 1 heterocycles. The number of aryl methyl sites for hydroxylation is 1. The maximum absolute atomic E-state index is 12.1. The van der Waals surface area contributed by atoms with Crippen molar-refractivity contribution in [1.82, 2.24) is 4.90 Å². The van der Waals surface area contributed by atoms with Gasteiger partial charge >= 0.3 is 0 Å². The van der Waals surface area contributed by atoms with Crippen LogP contribution >= 0.6 is 0 Å². The summed E-state index contributed by atoms with van der Waals surface area (Å²) in [7, 11) is 0. The first-order valence-electron chi connectivity index (χ1n) is 7.83. The largest absolute Gasteiger partial charge is 0.396 e. The normalized spacial score (nSPS) is 15.4. The van der Waals surface area contributed by atoms with E-state index in [-0.39, 0.29) is 12.5 Å². The van der Waals surface area contributed by atoms with Gasteiger partial charge < -0.3 is 14.9 Å². The van der Waals surface area contributed by atoms with Gasteiger partial charge in [-0.05, 0) is 43.9 Å². The van der Waals surface area contributed by atoms with Crippen molar-refractivity contribution in [3.63, 3.8) is 0 Å². The van der Waals surface area contributed by atoms with Gasteiger partial charge in [-0.3, -0.25) is 4.79 Å². The Balaban J connectivity index is 1.88. The zero-order valence-electron chi connectivity index (χ0n) is 13.1. The molecule has 0 saturated carbocycles. The fraction of sp³-hybridized carbons (Fsp3) is 0.588. The molecule has 0 aromatic heterocycles. The molecule has 1 amide bonds. The van der Waals surface area contributed by atoms with E-state index in [9.17, 15) is 4.79 Å². The number of unbranched alkanes of at least 4 members (excludes halogenated alkanes) is 1. The van der Waals surface area contributed by atoms with Crippen molar-refractivity contribution in [2.24, 2.45) is 0 Å². The van der Waals surface area contributed by atoms with E-state index in [0.717, 1.165) is 32.6 Å². The summed E-state index contributed by atoms with van der Waals surface area (Å²) < 4.78 is 0. The predicted octanol–water partition coefficient (Wildman–Crippen LogP) is 2.11. The minimum Gasteiger partial charge on any atom is -0.396 e. The predicted molar refractivity (Wildman–Crippen MR) is 85.6 cm³/mol. The molecule has 4 heteroatoms. The molecule has 1 fully saturated rings. The van der Waals surface area contributed by atoms with E-state index in [1.165, 1.54) is 16.8 Å². The summed E-state index contributed by atoms with van der Waals surface area (Å²) in [5, 5.41) is 8.77. The number of nitrogens with zero attached hydrogens (tertiary/aromatic N) is 2. The lowest BCUT2D eigenvalue weighted by atomic mass is 10.1. The van der Waals surface area contributed by atoms with E-state index >= 15 is 0 Å². The second-order valence-corrected chi connectivity index (χ2v) is 5.77. The third kappa shape index (κ3) is 3.97. The first-order chi connectivity index (χ1) is 10.1. The standard InChI is InChI=1S/C17H26N2O2/c1-14-6-5-7-16(15(14)2)18-9-11-19(12-10-18)17(21)8-3-4-13-20/h5-7,20H,3-4,8-13H2,1-2H3. The van der Waals surface area contributed by atoms with Crippen molar-refractivity contribution in [3.8, 4) is 0 Å². The fourth-order valence-electron chi connectivity index (χ4n) is 2.82. The topological polar surface area (TPSA) is 43.8 Å². The third-order valence-electron chi connectivity index (χ3n) is 4.35. The molecule has 1 saturated heterocycles. The molecule has 0 atom stereocenters. The maximum atomic E-state index is 12.1. The summed E-state index contributed by atoms with van der Waals surface area (Å²) in [6.07, 6.45) is 2.06. The molecule has 2 rings (SSSR count). The maximum Gasteiger partial charge on any atom is 0.222 e. The van der Waals surface area contributed by atoms with Crippen molar-refractivity contribution in [2.45, 2.75) is 33.1 Å². The average molecular weight is 290 g/mol. The molecule has 0 radical (unpaired) electrons. The summed E-state index contributed by atoms with van der Waals surface area (Å²) >= 11 is 0. The van der Waals surface area contributed by atoms with E-state index in [0.29, 0.717) is 12.8 Å². The Morgan fingerprint density at radius 2 is 1.86 bits per heavy atom. The first kappa shape index (κ1) is 15.8. The van der Waals surface area contributed by atoms with Crippen LogP contribution in [0.5, 0.6) is 0 Å². The fourth-order valence-corrected chi connectivity index (χ4v) is 2.82. The molecule has 116 valence electrons. The number of aliphatic hydroxyl groups is 1. The van der Waals surface area contributed by atoms with Gasteiger partial charge in [0.05, 0.1) is 0 Å². The van der Waals surface area contributed by atoms with Crippen molar-refractivity contribution in [1.29, 1.82) is 0 Å². The van der Waals surface area contributed by atoms with Crippen LogP contribution in [-0.2, 0) is 4.79 Å². The van der Waals surface area contributed by atoms with Gasteiger partial charge in [-0.1, -0.05) is 12.1 Å². The van der Waals surface area contributed by atoms with E-state index < -0.39 is 0 Å². The molecule has 4 nitrogen and oxygen atoms in total. The Labute approximate surface area is 127 Å². The van der Waals surface area contributed by atoms with E-state index in [1.807, 2.05) is 4.90 Å². The average Bonchev–Trinajstić information content (AvgIpc) is 2.50. The molecule has 0 spiro atoms. The number of hydrogen-bond donors (Lipinski definition) is 1. The van der Waals surface area contributed by atoms with Crippen LogP contribution in [0.3, 0.4) is 0 Å². The van der Waals surface area contributed by atoms with Crippen LogP contribution in [0.15, 0.2) is 18.2 Å². The SMILES string of the molecule is Cc1cccc(N2CCN(C(=O)CCCCO)CC2)c1C. The second kappa shape index (κ2) is 7.46. The number of amides is 1. The summed E-state index contributed by atoms with van der Waals surface area (Å²) in [4.78, 5) is 16.4. The van der Waals surface area contributed by atoms with Gasteiger partial charge in [-0.15, -0.1) is 0 Å². The van der Waals surface area contributed by atoms with E-state index in [4.69, 9.17) is 5.11 Å². The van der Waals surface area contributed by atoms with Crippen molar-refractivity contribution >= 4 is 11.6 Å². The Bertz CT molecular complexity index is 480. The molecule has 1 N–H and O–H groups in total. The summed E-state index contributed by atoms with van der Waals surface area (Å²) in [6, 6.07) is 6.41. The van der Waals surface area contributed by atoms with Crippen molar-refractivity contribution in [3.05, 3.63) is 29.3 Å². The third-order valence-corrected chi connectivity index (χ3v) is 4.35. The first-order valence-corrected chi connectivity index (χ1v) is 7.83. The number of anilines is 1. The highest BCUT2D eigenvalue weighted by atomic mass is 16.3. The summed E-state index contributed by atoms with van der Waals surface area (Å²) in [5.41, 5.74) is 3.94. The molecular weight excluding hydrogens is 264 g/mol. The van der Waals surface area contributed by atoms with Crippen LogP contribution in [0.2, 0.25) is 0 Å². The minimum absolute atomic E-state index is 0.174. The van der Waals surface area contributed by atoms with Gasteiger partial charge in [0.15, 0.2) is 0 Å². The second-order valence-electron chi connectivity index (χ2n) is 5.77. The molecule has 0 aliphatic carbocycles. The van der Waals surface area contributed by atoms with Gasteiger partial charge in [-0.2, -0.15) is 0 Å². The van der Waals surface area contributed by atoms with Crippen LogP contribution in [0.1, 0.15) is 30.4 Å². The highest BCUT2D eigenvalue weighted by molar-refractivity contribution is 5.76. The Kier molecular flexibility index (Phi) is 5.62. The monoisotopic (exact) mass is 290 g/mol. The lowest BCUT2D eigenvalue weighted by Gasteiger charge is -2.37. The lowest BCUT2D eigenvalue weighted by molar-refractivity contribution is -0.131. The highest BCUT2D eigenvalue weighted by Crippen LogP contribution is 2.24. The van der Waals surface area contributed by atoms with Crippen LogP contribution < -0.4 is 4.90 Å². The van der Waals surface area contributed by atoms with Crippen LogP contribution in [0.4, 0.5) is 5.69 Å². The molecule has 1 aliphatic rings. The quantitative estimate of drug-likeness (QED) is 0.845. The molecular formula is C17H26N2O2. The van der Waals surface area contributed by atoms with Gasteiger partial charge in [0, 0.05) is 44.9 Å². The molecule has 1 aliphatic heterocycles. The van der Waals surface area contributed by atoms with Crippen LogP contribution in [0, 0.1) is 13.8 Å². The number of carbonyl (C=O) groups is 1. The van der Waals surface area contributed by atoms with E-state index in [1.54, 1.807) is 0 Å². The Morgan fingerprint density at radius 1 is 1.14 bits per heavy atom. The smallest absolute Gasteiger partial charge is 0.222 e. The Morgan fingerprint density at radius 3 is 2.52 bits per heavy atom.